The molecule has 0 unspecified atom stereocenters. The molecule has 0 atom stereocenters. The van der Waals surface area contributed by atoms with Crippen molar-refractivity contribution in [2.75, 3.05) is 5.73 Å². The fourth-order valence-corrected chi connectivity index (χ4v) is 0.501. The van der Waals surface area contributed by atoms with Crippen LogP contribution < -0.4 is 5.73 Å². The number of anilines is 1. The van der Waals surface area contributed by atoms with Crippen LogP contribution in [0.1, 0.15) is 0 Å². The number of pyridine rings is 1. The SMILES string of the molecule is [C-]#[N+]c1ccncc1N. The molecule has 0 aliphatic heterocycles. The number of hydrogen-bond donors (Lipinski definition) is 1. The van der Waals surface area contributed by atoms with Gasteiger partial charge in [-0.05, 0) is 6.07 Å². The van der Waals surface area contributed by atoms with Gasteiger partial charge >= 0.3 is 0 Å². The highest BCUT2D eigenvalue weighted by atomic mass is 14.8. The predicted molar refractivity (Wildman–Crippen MR) is 34.9 cm³/mol. The second-order valence-electron chi connectivity index (χ2n) is 1.55. The van der Waals surface area contributed by atoms with Crippen molar-refractivity contribution in [3.05, 3.63) is 29.9 Å². The number of aromatic nitrogens is 1. The molecule has 0 saturated heterocycles. The lowest BCUT2D eigenvalue weighted by molar-refractivity contribution is 1.34. The normalized spacial score (nSPS) is 8.33. The Balaban J connectivity index is 3.20. The first-order valence-corrected chi connectivity index (χ1v) is 2.41. The number of rotatable bonds is 0. The van der Waals surface area contributed by atoms with Crippen LogP contribution >= 0.6 is 0 Å². The zero-order valence-electron chi connectivity index (χ0n) is 4.70. The maximum Gasteiger partial charge on any atom is 0.212 e. The van der Waals surface area contributed by atoms with Crippen LogP contribution in [0.15, 0.2) is 18.5 Å². The minimum atomic E-state index is 0.438. The highest BCUT2D eigenvalue weighted by molar-refractivity contribution is 5.64. The highest BCUT2D eigenvalue weighted by Crippen LogP contribution is 2.17. The Morgan fingerprint density at radius 1 is 1.67 bits per heavy atom. The van der Waals surface area contributed by atoms with Crippen LogP contribution in [0, 0.1) is 6.57 Å². The molecule has 0 radical (unpaired) electrons. The van der Waals surface area contributed by atoms with Crippen LogP contribution in [0.5, 0.6) is 0 Å². The summed E-state index contributed by atoms with van der Waals surface area (Å²) in [5.41, 5.74) is 6.26. The minimum absolute atomic E-state index is 0.438. The Morgan fingerprint density at radius 3 is 2.89 bits per heavy atom. The lowest BCUT2D eigenvalue weighted by Crippen LogP contribution is -1.84. The molecule has 3 heteroatoms. The summed E-state index contributed by atoms with van der Waals surface area (Å²) in [7, 11) is 0. The lowest BCUT2D eigenvalue weighted by atomic mass is 10.4. The van der Waals surface area contributed by atoms with Crippen molar-refractivity contribution in [2.24, 2.45) is 0 Å². The zero-order chi connectivity index (χ0) is 6.69. The molecule has 44 valence electrons. The van der Waals surface area contributed by atoms with Gasteiger partial charge in [0.25, 0.3) is 0 Å². The Bertz CT molecular complexity index is 249. The van der Waals surface area contributed by atoms with Gasteiger partial charge in [0, 0.05) is 12.4 Å². The third-order valence-electron chi connectivity index (χ3n) is 0.948. The van der Waals surface area contributed by atoms with Gasteiger partial charge in [0.1, 0.15) is 0 Å². The van der Waals surface area contributed by atoms with Crippen molar-refractivity contribution in [1.29, 1.82) is 0 Å². The van der Waals surface area contributed by atoms with Crippen LogP contribution in [0.4, 0.5) is 11.4 Å². The van der Waals surface area contributed by atoms with E-state index >= 15 is 0 Å². The van der Waals surface area contributed by atoms with Crippen LogP contribution in [0.2, 0.25) is 0 Å². The molecule has 1 aromatic heterocycles. The molecule has 0 aliphatic rings. The second-order valence-corrected chi connectivity index (χ2v) is 1.55. The molecule has 1 heterocycles. The molecule has 0 bridgehead atoms. The molecular formula is C6H5N3. The average molecular weight is 119 g/mol. The third kappa shape index (κ3) is 0.970. The Labute approximate surface area is 53.0 Å². The highest BCUT2D eigenvalue weighted by Gasteiger charge is 1.92. The minimum Gasteiger partial charge on any atom is -0.406 e. The van der Waals surface area contributed by atoms with E-state index in [9.17, 15) is 0 Å². The molecule has 0 aliphatic carbocycles. The Morgan fingerprint density at radius 2 is 2.44 bits per heavy atom. The maximum absolute atomic E-state index is 6.60. The summed E-state index contributed by atoms with van der Waals surface area (Å²) in [5.74, 6) is 0. The topological polar surface area (TPSA) is 43.3 Å². The largest absolute Gasteiger partial charge is 0.406 e. The monoisotopic (exact) mass is 119 g/mol. The fraction of sp³-hybridized carbons (Fsp3) is 0. The smallest absolute Gasteiger partial charge is 0.212 e. The van der Waals surface area contributed by atoms with Crippen molar-refractivity contribution >= 4 is 11.4 Å². The van der Waals surface area contributed by atoms with Crippen LogP contribution in [0.3, 0.4) is 0 Å². The van der Waals surface area contributed by atoms with Crippen molar-refractivity contribution < 1.29 is 0 Å². The van der Waals surface area contributed by atoms with Gasteiger partial charge in [-0.15, -0.1) is 0 Å². The van der Waals surface area contributed by atoms with E-state index in [0.29, 0.717) is 11.4 Å². The number of nitrogen functional groups attached to an aromatic ring is 1. The maximum atomic E-state index is 6.60. The Hall–Kier alpha value is -1.56. The van der Waals surface area contributed by atoms with Gasteiger partial charge in [-0.3, -0.25) is 4.98 Å². The molecule has 1 aromatic rings. The molecule has 3 nitrogen and oxygen atoms in total. The molecule has 0 spiro atoms. The van der Waals surface area contributed by atoms with E-state index in [0.717, 1.165) is 0 Å². The van der Waals surface area contributed by atoms with Gasteiger partial charge in [-0.25, -0.2) is 4.85 Å². The summed E-state index contributed by atoms with van der Waals surface area (Å²) >= 11 is 0. The van der Waals surface area contributed by atoms with Crippen molar-refractivity contribution in [1.82, 2.24) is 4.98 Å². The molecule has 1 rings (SSSR count). The van der Waals surface area contributed by atoms with E-state index in [1.54, 1.807) is 12.3 Å². The third-order valence-corrected chi connectivity index (χ3v) is 0.948. The number of hydrogen-bond acceptors (Lipinski definition) is 2. The number of nitrogens with zero attached hydrogens (tertiary/aromatic N) is 2. The van der Waals surface area contributed by atoms with Crippen molar-refractivity contribution in [3.63, 3.8) is 0 Å². The van der Waals surface area contributed by atoms with Crippen LogP contribution in [-0.4, -0.2) is 4.98 Å². The summed E-state index contributed by atoms with van der Waals surface area (Å²) in [5, 5.41) is 0. The van der Waals surface area contributed by atoms with Gasteiger partial charge in [0.05, 0.1) is 12.3 Å². The summed E-state index contributed by atoms with van der Waals surface area (Å²) in [6.45, 7) is 6.60. The zero-order valence-corrected chi connectivity index (χ0v) is 4.70. The van der Waals surface area contributed by atoms with Crippen LogP contribution in [-0.2, 0) is 0 Å². The molecule has 0 amide bonds. The number of nitrogens with two attached hydrogens (primary N) is 1. The van der Waals surface area contributed by atoms with Gasteiger partial charge in [0.15, 0.2) is 0 Å². The molecular weight excluding hydrogens is 114 g/mol. The van der Waals surface area contributed by atoms with Gasteiger partial charge in [-0.2, -0.15) is 0 Å². The first-order chi connectivity index (χ1) is 4.34. The average Bonchev–Trinajstić information content (AvgIpc) is 1.89. The van der Waals surface area contributed by atoms with E-state index in [1.165, 1.54) is 6.20 Å². The van der Waals surface area contributed by atoms with Crippen molar-refractivity contribution in [2.45, 2.75) is 0 Å². The standard InChI is InChI=1S/C6H5N3/c1-8-6-2-3-9-4-5(6)7/h2-4H,7H2. The first kappa shape index (κ1) is 5.57. The molecule has 0 saturated carbocycles. The molecule has 2 N–H and O–H groups in total. The first-order valence-electron chi connectivity index (χ1n) is 2.41. The Kier molecular flexibility index (Phi) is 1.32. The molecule has 0 fully saturated rings. The van der Waals surface area contributed by atoms with Gasteiger partial charge < -0.3 is 5.73 Å². The van der Waals surface area contributed by atoms with Gasteiger partial charge in [-0.1, -0.05) is 0 Å². The summed E-state index contributed by atoms with van der Waals surface area (Å²) in [6, 6.07) is 1.59. The summed E-state index contributed by atoms with van der Waals surface area (Å²) in [6.07, 6.45) is 3.01. The van der Waals surface area contributed by atoms with E-state index in [2.05, 4.69) is 9.83 Å². The summed E-state index contributed by atoms with van der Waals surface area (Å²) in [4.78, 5) is 6.88. The van der Waals surface area contributed by atoms with E-state index in [1.807, 2.05) is 0 Å². The van der Waals surface area contributed by atoms with E-state index in [-0.39, 0.29) is 0 Å². The van der Waals surface area contributed by atoms with E-state index < -0.39 is 0 Å². The molecule has 9 heavy (non-hydrogen) atoms. The lowest BCUT2D eigenvalue weighted by Gasteiger charge is -1.90. The summed E-state index contributed by atoms with van der Waals surface area (Å²) < 4.78 is 0. The van der Waals surface area contributed by atoms with Crippen LogP contribution in [0.25, 0.3) is 4.85 Å². The fourth-order valence-electron chi connectivity index (χ4n) is 0.501. The van der Waals surface area contributed by atoms with E-state index in [4.69, 9.17) is 12.3 Å². The van der Waals surface area contributed by atoms with Gasteiger partial charge in [0.2, 0.25) is 5.69 Å². The quantitative estimate of drug-likeness (QED) is 0.521. The second kappa shape index (κ2) is 2.14. The van der Waals surface area contributed by atoms with Crippen molar-refractivity contribution in [3.8, 4) is 0 Å². The predicted octanol–water partition coefficient (Wildman–Crippen LogP) is 1.21. The molecule has 0 aromatic carbocycles.